The Balaban J connectivity index is 2.70. The lowest BCUT2D eigenvalue weighted by Crippen LogP contribution is -2.00. The van der Waals surface area contributed by atoms with Gasteiger partial charge >= 0.3 is 5.97 Å². The van der Waals surface area contributed by atoms with E-state index < -0.39 is 18.2 Å². The van der Waals surface area contributed by atoms with Crippen LogP contribution in [0.25, 0.3) is 0 Å². The molecule has 66 valence electrons. The molecule has 0 radical (unpaired) electrons. The highest BCUT2D eigenvalue weighted by molar-refractivity contribution is 5.69. The molecule has 0 fully saturated rings. The molecule has 0 aliphatic rings. The summed E-state index contributed by atoms with van der Waals surface area (Å²) < 4.78 is 23.8. The van der Waals surface area contributed by atoms with E-state index in [9.17, 15) is 13.6 Å². The van der Waals surface area contributed by atoms with Gasteiger partial charge in [-0.05, 0) is 0 Å². The second kappa shape index (κ2) is 3.29. The summed E-state index contributed by atoms with van der Waals surface area (Å²) in [6.45, 7) is 0. The van der Waals surface area contributed by atoms with Crippen molar-refractivity contribution in [3.63, 3.8) is 0 Å². The van der Waals surface area contributed by atoms with Crippen LogP contribution in [0, 0.1) is 0 Å². The van der Waals surface area contributed by atoms with Crippen LogP contribution >= 0.6 is 0 Å². The number of hydrogen-bond donors (Lipinski definition) is 2. The summed E-state index contributed by atoms with van der Waals surface area (Å²) >= 11 is 0. The molecule has 0 saturated heterocycles. The Hall–Kier alpha value is -1.46. The quantitative estimate of drug-likeness (QED) is 0.721. The Labute approximate surface area is 66.2 Å². The predicted molar refractivity (Wildman–Crippen MR) is 34.9 cm³/mol. The highest BCUT2D eigenvalue weighted by Gasteiger charge is 2.12. The summed E-state index contributed by atoms with van der Waals surface area (Å²) in [5, 5.41) is 8.28. The van der Waals surface area contributed by atoms with E-state index in [4.69, 9.17) is 5.11 Å². The molecular formula is C6H6F2N2O2. The van der Waals surface area contributed by atoms with Crippen LogP contribution in [0.15, 0.2) is 6.20 Å². The molecule has 12 heavy (non-hydrogen) atoms. The topological polar surface area (TPSA) is 66.0 Å². The number of aromatic amines is 1. The van der Waals surface area contributed by atoms with Gasteiger partial charge < -0.3 is 10.1 Å². The predicted octanol–water partition coefficient (Wildman–Crippen LogP) is 0.974. The summed E-state index contributed by atoms with van der Waals surface area (Å²) in [5.41, 5.74) is 0.179. The maximum absolute atomic E-state index is 11.9. The van der Waals surface area contributed by atoms with Gasteiger partial charge in [-0.15, -0.1) is 0 Å². The van der Waals surface area contributed by atoms with Crippen LogP contribution in [-0.4, -0.2) is 21.0 Å². The number of nitrogens with one attached hydrogen (secondary N) is 1. The number of carboxylic acids is 1. The molecule has 0 aliphatic carbocycles. The fraction of sp³-hybridized carbons (Fsp3) is 0.333. The van der Waals surface area contributed by atoms with Gasteiger partial charge in [0, 0.05) is 11.9 Å². The minimum Gasteiger partial charge on any atom is -0.481 e. The van der Waals surface area contributed by atoms with E-state index in [0.717, 1.165) is 6.20 Å². The molecule has 0 spiro atoms. The third kappa shape index (κ3) is 2.01. The average molecular weight is 176 g/mol. The maximum atomic E-state index is 11.9. The molecule has 0 aliphatic heterocycles. The Kier molecular flexibility index (Phi) is 2.37. The number of imidazole rings is 1. The van der Waals surface area contributed by atoms with E-state index in [-0.39, 0.29) is 12.1 Å². The second-order valence-corrected chi connectivity index (χ2v) is 2.16. The van der Waals surface area contributed by atoms with Gasteiger partial charge in [0.25, 0.3) is 6.43 Å². The number of alkyl halides is 2. The fourth-order valence-corrected chi connectivity index (χ4v) is 0.740. The van der Waals surface area contributed by atoms with Gasteiger partial charge in [-0.2, -0.15) is 0 Å². The van der Waals surface area contributed by atoms with Crippen molar-refractivity contribution >= 4 is 5.97 Å². The molecule has 6 heteroatoms. The maximum Gasteiger partial charge on any atom is 0.309 e. The number of halogens is 2. The molecule has 2 N–H and O–H groups in total. The van der Waals surface area contributed by atoms with Crippen LogP contribution in [-0.2, 0) is 11.2 Å². The molecule has 0 saturated carbocycles. The van der Waals surface area contributed by atoms with Gasteiger partial charge in [0.15, 0.2) is 5.82 Å². The number of aliphatic carboxylic acids is 1. The van der Waals surface area contributed by atoms with E-state index in [0.29, 0.717) is 0 Å². The van der Waals surface area contributed by atoms with Gasteiger partial charge in [0.1, 0.15) is 0 Å². The van der Waals surface area contributed by atoms with Crippen LogP contribution in [0.1, 0.15) is 17.9 Å². The first-order chi connectivity index (χ1) is 5.59. The second-order valence-electron chi connectivity index (χ2n) is 2.16. The van der Waals surface area contributed by atoms with Crippen molar-refractivity contribution < 1.29 is 18.7 Å². The molecule has 1 rings (SSSR count). The zero-order chi connectivity index (χ0) is 9.14. The molecule has 1 aromatic heterocycles. The molecule has 0 aromatic carbocycles. The molecule has 0 bridgehead atoms. The summed E-state index contributed by atoms with van der Waals surface area (Å²) in [6.07, 6.45) is -1.91. The first kappa shape index (κ1) is 8.63. The molecule has 0 unspecified atom stereocenters. The summed E-state index contributed by atoms with van der Waals surface area (Å²) in [4.78, 5) is 15.6. The third-order valence-electron chi connectivity index (χ3n) is 1.20. The van der Waals surface area contributed by atoms with Crippen molar-refractivity contribution in [3.05, 3.63) is 17.7 Å². The monoisotopic (exact) mass is 176 g/mol. The third-order valence-corrected chi connectivity index (χ3v) is 1.20. The molecular weight excluding hydrogens is 170 g/mol. The lowest BCUT2D eigenvalue weighted by molar-refractivity contribution is -0.136. The molecule has 4 nitrogen and oxygen atoms in total. The lowest BCUT2D eigenvalue weighted by Gasteiger charge is -1.91. The minimum atomic E-state index is -2.69. The van der Waals surface area contributed by atoms with Crippen LogP contribution in [0.5, 0.6) is 0 Å². The van der Waals surface area contributed by atoms with Crippen molar-refractivity contribution in [3.8, 4) is 0 Å². The van der Waals surface area contributed by atoms with Gasteiger partial charge in [-0.25, -0.2) is 13.8 Å². The number of rotatable bonds is 3. The number of nitrogens with zero attached hydrogens (tertiary/aromatic N) is 1. The lowest BCUT2D eigenvalue weighted by atomic mass is 10.3. The Morgan fingerprint density at radius 3 is 2.83 bits per heavy atom. The molecule has 0 amide bonds. The van der Waals surface area contributed by atoms with Crippen LogP contribution in [0.2, 0.25) is 0 Å². The first-order valence-electron chi connectivity index (χ1n) is 3.13. The van der Waals surface area contributed by atoms with Gasteiger partial charge in [-0.3, -0.25) is 4.79 Å². The fourth-order valence-electron chi connectivity index (χ4n) is 0.740. The Bertz CT molecular complexity index is 285. The van der Waals surface area contributed by atoms with Crippen LogP contribution in [0.4, 0.5) is 8.78 Å². The standard InChI is InChI=1S/C6H6F2N2O2/c7-5(8)6-9-2-3(10-6)1-4(11)12/h2,5H,1H2,(H,9,10)(H,11,12). The van der Waals surface area contributed by atoms with Crippen molar-refractivity contribution in [1.82, 2.24) is 9.97 Å². The summed E-state index contributed by atoms with van der Waals surface area (Å²) in [5.74, 6) is -1.58. The van der Waals surface area contributed by atoms with Gasteiger partial charge in [0.05, 0.1) is 6.42 Å². The van der Waals surface area contributed by atoms with Crippen LogP contribution < -0.4 is 0 Å². The van der Waals surface area contributed by atoms with Crippen molar-refractivity contribution in [2.24, 2.45) is 0 Å². The van der Waals surface area contributed by atoms with Crippen LogP contribution in [0.3, 0.4) is 0 Å². The summed E-state index contributed by atoms with van der Waals surface area (Å²) in [7, 11) is 0. The zero-order valence-corrected chi connectivity index (χ0v) is 5.92. The smallest absolute Gasteiger partial charge is 0.309 e. The average Bonchev–Trinajstić information content (AvgIpc) is 2.34. The molecule has 1 aromatic rings. The Morgan fingerprint density at radius 1 is 1.75 bits per heavy atom. The Morgan fingerprint density at radius 2 is 2.42 bits per heavy atom. The van der Waals surface area contributed by atoms with Gasteiger partial charge in [0.2, 0.25) is 0 Å². The van der Waals surface area contributed by atoms with E-state index >= 15 is 0 Å². The number of aromatic nitrogens is 2. The van der Waals surface area contributed by atoms with Crippen molar-refractivity contribution in [2.45, 2.75) is 12.8 Å². The zero-order valence-electron chi connectivity index (χ0n) is 5.92. The summed E-state index contributed by atoms with van der Waals surface area (Å²) in [6, 6.07) is 0. The van der Waals surface area contributed by atoms with Crippen molar-refractivity contribution in [2.75, 3.05) is 0 Å². The van der Waals surface area contributed by atoms with Crippen molar-refractivity contribution in [1.29, 1.82) is 0 Å². The largest absolute Gasteiger partial charge is 0.481 e. The van der Waals surface area contributed by atoms with E-state index in [1.54, 1.807) is 0 Å². The first-order valence-corrected chi connectivity index (χ1v) is 3.13. The molecule has 1 heterocycles. The highest BCUT2D eigenvalue weighted by Crippen LogP contribution is 2.14. The number of H-pyrrole nitrogens is 1. The van der Waals surface area contributed by atoms with Gasteiger partial charge in [-0.1, -0.05) is 0 Å². The van der Waals surface area contributed by atoms with E-state index in [1.165, 1.54) is 0 Å². The number of carboxylic acid groups (broad SMARTS) is 1. The normalized spacial score (nSPS) is 10.6. The highest BCUT2D eigenvalue weighted by atomic mass is 19.3. The SMILES string of the molecule is O=C(O)Cc1cnc(C(F)F)[nH]1. The van der Waals surface area contributed by atoms with E-state index in [1.807, 2.05) is 0 Å². The number of hydrogen-bond acceptors (Lipinski definition) is 2. The van der Waals surface area contributed by atoms with E-state index in [2.05, 4.69) is 9.97 Å². The minimum absolute atomic E-state index is 0.179. The molecule has 0 atom stereocenters. The number of carbonyl (C=O) groups is 1.